The Bertz CT molecular complexity index is 623. The van der Waals surface area contributed by atoms with E-state index in [0.717, 1.165) is 31.9 Å². The molecule has 2 aromatic rings. The highest BCUT2D eigenvalue weighted by molar-refractivity contribution is 5.87. The summed E-state index contributed by atoms with van der Waals surface area (Å²) in [6.07, 6.45) is 2.67. The zero-order chi connectivity index (χ0) is 15.9. The second-order valence-electron chi connectivity index (χ2n) is 5.87. The van der Waals surface area contributed by atoms with E-state index in [4.69, 9.17) is 14.2 Å². The average Bonchev–Trinajstić information content (AvgIpc) is 3.10. The topological polar surface area (TPSA) is 39.7 Å². The fourth-order valence-corrected chi connectivity index (χ4v) is 3.03. The third-order valence-electron chi connectivity index (χ3n) is 4.24. The third-order valence-corrected chi connectivity index (χ3v) is 4.24. The minimum absolute atomic E-state index is 0.350. The van der Waals surface area contributed by atoms with Crippen LogP contribution in [0.25, 0.3) is 10.8 Å². The predicted octanol–water partition coefficient (Wildman–Crippen LogP) is 3.13. The molecule has 0 radical (unpaired) electrons. The number of hydrogen-bond donors (Lipinski definition) is 1. The number of methoxy groups -OCH3 is 1. The Labute approximate surface area is 137 Å². The van der Waals surface area contributed by atoms with Gasteiger partial charge >= 0.3 is 0 Å². The Morgan fingerprint density at radius 1 is 1.17 bits per heavy atom. The zero-order valence-corrected chi connectivity index (χ0v) is 13.7. The van der Waals surface area contributed by atoms with Crippen molar-refractivity contribution in [1.29, 1.82) is 0 Å². The molecule has 1 aliphatic rings. The average molecular weight is 315 g/mol. The van der Waals surface area contributed by atoms with Crippen LogP contribution in [0.3, 0.4) is 0 Å². The summed E-state index contributed by atoms with van der Waals surface area (Å²) in [6, 6.07) is 12.6. The Kier molecular flexibility index (Phi) is 5.86. The molecule has 1 unspecified atom stereocenters. The van der Waals surface area contributed by atoms with E-state index in [-0.39, 0.29) is 0 Å². The van der Waals surface area contributed by atoms with Crippen LogP contribution < -0.4 is 10.1 Å². The smallest absolute Gasteiger partial charge is 0.124 e. The molecule has 0 spiro atoms. The highest BCUT2D eigenvalue weighted by Gasteiger charge is 2.15. The van der Waals surface area contributed by atoms with Crippen LogP contribution in [0.1, 0.15) is 18.4 Å². The Balaban J connectivity index is 1.74. The van der Waals surface area contributed by atoms with E-state index in [1.165, 1.54) is 22.8 Å². The summed E-state index contributed by atoms with van der Waals surface area (Å²) in [4.78, 5) is 0. The van der Waals surface area contributed by atoms with Gasteiger partial charge in [-0.2, -0.15) is 0 Å². The molecule has 0 saturated carbocycles. The van der Waals surface area contributed by atoms with Crippen molar-refractivity contribution in [3.63, 3.8) is 0 Å². The van der Waals surface area contributed by atoms with Crippen molar-refractivity contribution in [3.8, 4) is 5.75 Å². The first kappa shape index (κ1) is 16.2. The van der Waals surface area contributed by atoms with Gasteiger partial charge in [0.25, 0.3) is 0 Å². The Morgan fingerprint density at radius 2 is 2.09 bits per heavy atom. The second-order valence-corrected chi connectivity index (χ2v) is 5.87. The van der Waals surface area contributed by atoms with Crippen LogP contribution in [0.15, 0.2) is 36.4 Å². The van der Waals surface area contributed by atoms with Gasteiger partial charge in [-0.05, 0) is 29.7 Å². The lowest BCUT2D eigenvalue weighted by atomic mass is 10.0. The largest absolute Gasteiger partial charge is 0.491 e. The van der Waals surface area contributed by atoms with Gasteiger partial charge in [0, 0.05) is 32.4 Å². The van der Waals surface area contributed by atoms with Crippen molar-refractivity contribution >= 4 is 10.8 Å². The maximum absolute atomic E-state index is 5.91. The first-order valence-corrected chi connectivity index (χ1v) is 8.33. The van der Waals surface area contributed by atoms with Gasteiger partial charge in [0.05, 0.1) is 12.7 Å². The van der Waals surface area contributed by atoms with E-state index >= 15 is 0 Å². The minimum Gasteiger partial charge on any atom is -0.491 e. The van der Waals surface area contributed by atoms with Crippen molar-refractivity contribution in [2.45, 2.75) is 25.5 Å². The number of nitrogens with one attached hydrogen (secondary N) is 1. The van der Waals surface area contributed by atoms with Gasteiger partial charge in [0.1, 0.15) is 12.4 Å². The van der Waals surface area contributed by atoms with E-state index < -0.39 is 0 Å². The number of fused-ring (bicyclic) bond motifs is 1. The van der Waals surface area contributed by atoms with Gasteiger partial charge in [0.2, 0.25) is 0 Å². The van der Waals surface area contributed by atoms with Crippen molar-refractivity contribution in [1.82, 2.24) is 5.32 Å². The van der Waals surface area contributed by atoms with Crippen molar-refractivity contribution in [2.75, 3.05) is 33.5 Å². The highest BCUT2D eigenvalue weighted by atomic mass is 16.5. The van der Waals surface area contributed by atoms with Gasteiger partial charge in [-0.1, -0.05) is 30.3 Å². The molecule has 0 bridgehead atoms. The molecule has 3 rings (SSSR count). The molecule has 4 heteroatoms. The summed E-state index contributed by atoms with van der Waals surface area (Å²) in [5.41, 5.74) is 1.21. The number of ether oxygens (including phenoxy) is 3. The maximum atomic E-state index is 5.91. The molecule has 1 aliphatic heterocycles. The summed E-state index contributed by atoms with van der Waals surface area (Å²) in [5.74, 6) is 0.931. The fourth-order valence-electron chi connectivity index (χ4n) is 3.03. The van der Waals surface area contributed by atoms with Crippen molar-refractivity contribution in [2.24, 2.45) is 0 Å². The maximum Gasteiger partial charge on any atom is 0.124 e. The highest BCUT2D eigenvalue weighted by Crippen LogP contribution is 2.28. The predicted molar refractivity (Wildman–Crippen MR) is 92.0 cm³/mol. The molecule has 0 aliphatic carbocycles. The van der Waals surface area contributed by atoms with Crippen LogP contribution in [0, 0.1) is 0 Å². The minimum atomic E-state index is 0.350. The molecule has 1 N–H and O–H groups in total. The lowest BCUT2D eigenvalue weighted by Crippen LogP contribution is -2.26. The molecule has 0 aromatic heterocycles. The number of hydrogen-bond acceptors (Lipinski definition) is 4. The third kappa shape index (κ3) is 4.22. The molecular formula is C19H25NO3. The van der Waals surface area contributed by atoms with E-state index in [0.29, 0.717) is 19.3 Å². The Morgan fingerprint density at radius 3 is 2.91 bits per heavy atom. The first-order valence-electron chi connectivity index (χ1n) is 8.33. The summed E-state index contributed by atoms with van der Waals surface area (Å²) in [7, 11) is 1.69. The van der Waals surface area contributed by atoms with Gasteiger partial charge in [-0.15, -0.1) is 0 Å². The second kappa shape index (κ2) is 8.29. The van der Waals surface area contributed by atoms with Gasteiger partial charge in [0.15, 0.2) is 0 Å². The molecule has 0 amide bonds. The molecule has 23 heavy (non-hydrogen) atoms. The van der Waals surface area contributed by atoms with Crippen molar-refractivity contribution in [3.05, 3.63) is 42.0 Å². The summed E-state index contributed by atoms with van der Waals surface area (Å²) in [5, 5.41) is 6.01. The van der Waals surface area contributed by atoms with Gasteiger partial charge in [-0.3, -0.25) is 0 Å². The van der Waals surface area contributed by atoms with Crippen LogP contribution in [0.4, 0.5) is 0 Å². The van der Waals surface area contributed by atoms with Crippen LogP contribution >= 0.6 is 0 Å². The fraction of sp³-hybridized carbons (Fsp3) is 0.474. The van der Waals surface area contributed by atoms with E-state index in [9.17, 15) is 0 Å². The van der Waals surface area contributed by atoms with Gasteiger partial charge < -0.3 is 19.5 Å². The normalized spacial score (nSPS) is 17.7. The molecule has 2 aromatic carbocycles. The van der Waals surface area contributed by atoms with Crippen LogP contribution in [-0.4, -0.2) is 39.6 Å². The van der Waals surface area contributed by atoms with E-state index in [2.05, 4.69) is 41.7 Å². The molecule has 1 heterocycles. The Hall–Kier alpha value is -1.62. The monoisotopic (exact) mass is 315 g/mol. The zero-order valence-electron chi connectivity index (χ0n) is 13.7. The van der Waals surface area contributed by atoms with E-state index in [1.54, 1.807) is 7.11 Å². The van der Waals surface area contributed by atoms with Crippen LogP contribution in [0.2, 0.25) is 0 Å². The summed E-state index contributed by atoms with van der Waals surface area (Å²) < 4.78 is 16.7. The van der Waals surface area contributed by atoms with Crippen molar-refractivity contribution < 1.29 is 14.2 Å². The van der Waals surface area contributed by atoms with Crippen LogP contribution in [-0.2, 0) is 16.0 Å². The lowest BCUT2D eigenvalue weighted by molar-refractivity contribution is 0.110. The summed E-state index contributed by atoms with van der Waals surface area (Å²) >= 11 is 0. The quantitative estimate of drug-likeness (QED) is 0.760. The summed E-state index contributed by atoms with van der Waals surface area (Å²) in [6.45, 7) is 3.72. The lowest BCUT2D eigenvalue weighted by Gasteiger charge is -2.16. The molecular weight excluding hydrogens is 290 g/mol. The molecule has 4 nitrogen and oxygen atoms in total. The number of rotatable bonds is 8. The molecule has 1 saturated heterocycles. The molecule has 1 fully saturated rings. The molecule has 124 valence electrons. The first-order chi connectivity index (χ1) is 11.4. The standard InChI is InChI=1S/C19H25NO3/c1-21-11-12-23-19-9-8-15-5-2-3-7-17(15)18(19)14-20-13-16-6-4-10-22-16/h2-3,5,7-9,16,20H,4,6,10-14H2,1H3. The van der Waals surface area contributed by atoms with Crippen LogP contribution in [0.5, 0.6) is 5.75 Å². The number of benzene rings is 2. The molecule has 1 atom stereocenters. The van der Waals surface area contributed by atoms with Gasteiger partial charge in [-0.25, -0.2) is 0 Å². The SMILES string of the molecule is COCCOc1ccc2ccccc2c1CNCC1CCCO1. The van der Waals surface area contributed by atoms with E-state index in [1.807, 2.05) is 0 Å².